The summed E-state index contributed by atoms with van der Waals surface area (Å²) >= 11 is 0. The molecule has 0 spiro atoms. The standard InChI is InChI=1S/C8H11F2N3/c9-8(10)3-1-6(2-4-8)7-11-5-12-13-7/h5-6H,1-4H2,(H,11,12,13). The molecule has 0 bridgehead atoms. The predicted octanol–water partition coefficient (Wildman–Crippen LogP) is 2.10. The highest BCUT2D eigenvalue weighted by atomic mass is 19.3. The van der Waals surface area contributed by atoms with Crippen molar-refractivity contribution in [2.45, 2.75) is 37.5 Å². The SMILES string of the molecule is FC1(F)CCC(c2ncn[nH]2)CC1. The van der Waals surface area contributed by atoms with Crippen molar-refractivity contribution in [3.63, 3.8) is 0 Å². The molecular formula is C8H11F2N3. The fraction of sp³-hybridized carbons (Fsp3) is 0.750. The van der Waals surface area contributed by atoms with Gasteiger partial charge < -0.3 is 0 Å². The van der Waals surface area contributed by atoms with E-state index in [1.165, 1.54) is 6.33 Å². The summed E-state index contributed by atoms with van der Waals surface area (Å²) in [5.74, 6) is -1.58. The summed E-state index contributed by atoms with van der Waals surface area (Å²) in [6.45, 7) is 0. The Morgan fingerprint density at radius 1 is 1.38 bits per heavy atom. The smallest absolute Gasteiger partial charge is 0.248 e. The third-order valence-electron chi connectivity index (χ3n) is 2.54. The first-order chi connectivity index (χ1) is 6.17. The fourth-order valence-corrected chi connectivity index (χ4v) is 1.73. The normalized spacial score (nSPS) is 23.2. The number of halogens is 2. The maximum Gasteiger partial charge on any atom is 0.248 e. The van der Waals surface area contributed by atoms with Gasteiger partial charge in [0.15, 0.2) is 0 Å². The van der Waals surface area contributed by atoms with E-state index in [4.69, 9.17) is 0 Å². The van der Waals surface area contributed by atoms with E-state index in [9.17, 15) is 8.78 Å². The van der Waals surface area contributed by atoms with Crippen molar-refractivity contribution in [3.8, 4) is 0 Å². The molecule has 1 N–H and O–H groups in total. The van der Waals surface area contributed by atoms with E-state index in [-0.39, 0.29) is 18.8 Å². The lowest BCUT2D eigenvalue weighted by Crippen LogP contribution is -2.24. The molecule has 5 heteroatoms. The quantitative estimate of drug-likeness (QED) is 0.731. The molecule has 1 heterocycles. The van der Waals surface area contributed by atoms with Gasteiger partial charge in [0, 0.05) is 18.8 Å². The molecule has 0 aliphatic heterocycles. The molecular weight excluding hydrogens is 176 g/mol. The second-order valence-electron chi connectivity index (χ2n) is 3.50. The number of aromatic nitrogens is 3. The first-order valence-electron chi connectivity index (χ1n) is 4.40. The Labute approximate surface area is 74.6 Å². The number of nitrogens with zero attached hydrogens (tertiary/aromatic N) is 2. The highest BCUT2D eigenvalue weighted by Gasteiger charge is 2.36. The lowest BCUT2D eigenvalue weighted by Gasteiger charge is -2.26. The van der Waals surface area contributed by atoms with Gasteiger partial charge in [0.25, 0.3) is 0 Å². The van der Waals surface area contributed by atoms with Gasteiger partial charge in [-0.25, -0.2) is 13.8 Å². The molecule has 2 rings (SSSR count). The summed E-state index contributed by atoms with van der Waals surface area (Å²) in [5, 5.41) is 6.44. The van der Waals surface area contributed by atoms with Crippen molar-refractivity contribution in [2.24, 2.45) is 0 Å². The summed E-state index contributed by atoms with van der Waals surface area (Å²) < 4.78 is 25.5. The molecule has 13 heavy (non-hydrogen) atoms. The van der Waals surface area contributed by atoms with Crippen molar-refractivity contribution in [2.75, 3.05) is 0 Å². The Kier molecular flexibility index (Phi) is 2.01. The van der Waals surface area contributed by atoms with Crippen LogP contribution in [-0.2, 0) is 0 Å². The summed E-state index contributed by atoms with van der Waals surface area (Å²) in [7, 11) is 0. The van der Waals surface area contributed by atoms with Crippen molar-refractivity contribution < 1.29 is 8.78 Å². The van der Waals surface area contributed by atoms with Crippen LogP contribution in [0.25, 0.3) is 0 Å². The van der Waals surface area contributed by atoms with E-state index in [0.29, 0.717) is 12.8 Å². The second kappa shape index (κ2) is 3.05. The molecule has 0 atom stereocenters. The van der Waals surface area contributed by atoms with Gasteiger partial charge >= 0.3 is 0 Å². The zero-order valence-corrected chi connectivity index (χ0v) is 7.13. The van der Waals surface area contributed by atoms with Gasteiger partial charge in [-0.15, -0.1) is 0 Å². The highest BCUT2D eigenvalue weighted by molar-refractivity contribution is 4.96. The molecule has 72 valence electrons. The van der Waals surface area contributed by atoms with Crippen molar-refractivity contribution >= 4 is 0 Å². The minimum atomic E-state index is -2.46. The molecule has 1 aliphatic carbocycles. The van der Waals surface area contributed by atoms with Gasteiger partial charge in [0.05, 0.1) is 0 Å². The average Bonchev–Trinajstić information content (AvgIpc) is 2.56. The predicted molar refractivity (Wildman–Crippen MR) is 42.5 cm³/mol. The Balaban J connectivity index is 1.99. The van der Waals surface area contributed by atoms with Crippen LogP contribution < -0.4 is 0 Å². The number of aromatic amines is 1. The topological polar surface area (TPSA) is 41.6 Å². The second-order valence-corrected chi connectivity index (χ2v) is 3.50. The Morgan fingerprint density at radius 3 is 2.62 bits per heavy atom. The molecule has 1 aliphatic rings. The van der Waals surface area contributed by atoms with E-state index >= 15 is 0 Å². The van der Waals surface area contributed by atoms with Gasteiger partial charge in [-0.05, 0) is 12.8 Å². The van der Waals surface area contributed by atoms with Crippen LogP contribution in [0.3, 0.4) is 0 Å². The van der Waals surface area contributed by atoms with Crippen LogP contribution >= 0.6 is 0 Å². The number of hydrogen-bond acceptors (Lipinski definition) is 2. The van der Waals surface area contributed by atoms with E-state index < -0.39 is 5.92 Å². The third kappa shape index (κ3) is 1.84. The van der Waals surface area contributed by atoms with Crippen LogP contribution in [0, 0.1) is 0 Å². The summed E-state index contributed by atoms with van der Waals surface area (Å²) in [6.07, 6.45) is 2.36. The zero-order valence-electron chi connectivity index (χ0n) is 7.13. The summed E-state index contributed by atoms with van der Waals surface area (Å²) in [5.41, 5.74) is 0. The molecule has 1 saturated carbocycles. The van der Waals surface area contributed by atoms with Gasteiger partial charge in [0.1, 0.15) is 12.2 Å². The number of H-pyrrole nitrogens is 1. The summed E-state index contributed by atoms with van der Waals surface area (Å²) in [4.78, 5) is 3.98. The fourth-order valence-electron chi connectivity index (χ4n) is 1.73. The Morgan fingerprint density at radius 2 is 2.08 bits per heavy atom. The number of nitrogens with one attached hydrogen (secondary N) is 1. The average molecular weight is 187 g/mol. The number of rotatable bonds is 1. The Hall–Kier alpha value is -1.00. The van der Waals surface area contributed by atoms with Crippen LogP contribution in [0.4, 0.5) is 8.78 Å². The largest absolute Gasteiger partial charge is 0.263 e. The van der Waals surface area contributed by atoms with E-state index in [1.54, 1.807) is 0 Å². The number of hydrogen-bond donors (Lipinski definition) is 1. The van der Waals surface area contributed by atoms with Crippen molar-refractivity contribution in [1.82, 2.24) is 15.2 Å². The van der Waals surface area contributed by atoms with Gasteiger partial charge in [-0.2, -0.15) is 5.10 Å². The first kappa shape index (κ1) is 8.59. The van der Waals surface area contributed by atoms with Crippen LogP contribution in [0.1, 0.15) is 37.4 Å². The van der Waals surface area contributed by atoms with Crippen LogP contribution in [-0.4, -0.2) is 21.1 Å². The Bertz CT molecular complexity index is 261. The molecule has 3 nitrogen and oxygen atoms in total. The lowest BCUT2D eigenvalue weighted by molar-refractivity contribution is -0.0387. The monoisotopic (exact) mass is 187 g/mol. The van der Waals surface area contributed by atoms with Crippen molar-refractivity contribution in [1.29, 1.82) is 0 Å². The molecule has 0 amide bonds. The maximum atomic E-state index is 12.8. The van der Waals surface area contributed by atoms with Gasteiger partial charge in [-0.3, -0.25) is 5.10 Å². The van der Waals surface area contributed by atoms with Gasteiger partial charge in [-0.1, -0.05) is 0 Å². The van der Waals surface area contributed by atoms with Crippen LogP contribution in [0.2, 0.25) is 0 Å². The molecule has 1 fully saturated rings. The zero-order chi connectivity index (χ0) is 9.31. The van der Waals surface area contributed by atoms with Crippen LogP contribution in [0.15, 0.2) is 6.33 Å². The molecule has 0 saturated heterocycles. The molecule has 0 radical (unpaired) electrons. The van der Waals surface area contributed by atoms with Crippen molar-refractivity contribution in [3.05, 3.63) is 12.2 Å². The highest BCUT2D eigenvalue weighted by Crippen LogP contribution is 2.39. The summed E-state index contributed by atoms with van der Waals surface area (Å²) in [6, 6.07) is 0. The first-order valence-corrected chi connectivity index (χ1v) is 4.40. The van der Waals surface area contributed by atoms with E-state index in [0.717, 1.165) is 5.82 Å². The molecule has 0 aromatic carbocycles. The lowest BCUT2D eigenvalue weighted by atomic mass is 9.86. The molecule has 0 unspecified atom stereocenters. The van der Waals surface area contributed by atoms with Crippen LogP contribution in [0.5, 0.6) is 0 Å². The minimum absolute atomic E-state index is 0.0294. The molecule has 1 aromatic rings. The van der Waals surface area contributed by atoms with E-state index in [1.807, 2.05) is 0 Å². The maximum absolute atomic E-state index is 12.8. The van der Waals surface area contributed by atoms with E-state index in [2.05, 4.69) is 15.2 Å². The molecule has 1 aromatic heterocycles. The minimum Gasteiger partial charge on any atom is -0.263 e. The van der Waals surface area contributed by atoms with Gasteiger partial charge in [0.2, 0.25) is 5.92 Å². The third-order valence-corrected chi connectivity index (χ3v) is 2.54. The number of alkyl halides is 2.